The predicted molar refractivity (Wildman–Crippen MR) is 120 cm³/mol. The number of hydrogen-bond acceptors (Lipinski definition) is 8. The van der Waals surface area contributed by atoms with Crippen LogP contribution in [0.5, 0.6) is 0 Å². The molecule has 3 heterocycles. The van der Waals surface area contributed by atoms with E-state index in [4.69, 9.17) is 0 Å². The van der Waals surface area contributed by atoms with Gasteiger partial charge in [0.15, 0.2) is 0 Å². The second kappa shape index (κ2) is 8.28. The van der Waals surface area contributed by atoms with E-state index in [-0.39, 0.29) is 42.7 Å². The van der Waals surface area contributed by atoms with Crippen molar-refractivity contribution >= 4 is 50.0 Å². The van der Waals surface area contributed by atoms with Crippen molar-refractivity contribution in [1.29, 1.82) is 0 Å². The van der Waals surface area contributed by atoms with Crippen LogP contribution in [0.3, 0.4) is 0 Å². The fourth-order valence-corrected chi connectivity index (χ4v) is 6.55. The van der Waals surface area contributed by atoms with Gasteiger partial charge in [-0.25, -0.2) is 17.8 Å². The number of benzene rings is 2. The van der Waals surface area contributed by atoms with E-state index >= 15 is 0 Å². The number of thiazole rings is 1. The highest BCUT2D eigenvalue weighted by molar-refractivity contribution is 7.89. The van der Waals surface area contributed by atoms with Crippen LogP contribution in [0.25, 0.3) is 21.6 Å². The topological polar surface area (TPSA) is 96.4 Å². The van der Waals surface area contributed by atoms with Crippen LogP contribution in [0.4, 0.5) is 4.39 Å². The van der Waals surface area contributed by atoms with Crippen molar-refractivity contribution in [3.63, 3.8) is 0 Å². The second-order valence-electron chi connectivity index (χ2n) is 7.10. The molecular formula is C20H16FN5O3S3. The normalized spacial score (nSPS) is 15.3. The number of carbonyl (C=O) groups is 1. The second-order valence-corrected chi connectivity index (χ2v) is 10.4. The summed E-state index contributed by atoms with van der Waals surface area (Å²) in [5, 5.41) is 2.03. The summed E-state index contributed by atoms with van der Waals surface area (Å²) in [6.07, 6.45) is 0. The molecule has 0 N–H and O–H groups in total. The van der Waals surface area contributed by atoms with Gasteiger partial charge in [-0.2, -0.15) is 13.1 Å². The number of amides is 1. The number of nitrogens with zero attached hydrogens (tertiary/aromatic N) is 5. The van der Waals surface area contributed by atoms with Crippen LogP contribution in [0.1, 0.15) is 10.5 Å². The number of halogens is 1. The summed E-state index contributed by atoms with van der Waals surface area (Å²) < 4.78 is 49.9. The minimum atomic E-state index is -3.76. The number of fused-ring (bicyclic) bond motifs is 1. The first kappa shape index (κ1) is 21.1. The van der Waals surface area contributed by atoms with Gasteiger partial charge in [0, 0.05) is 37.1 Å². The summed E-state index contributed by atoms with van der Waals surface area (Å²) in [5.41, 5.74) is 1.47. The quantitative estimate of drug-likeness (QED) is 0.437. The van der Waals surface area contributed by atoms with Crippen LogP contribution in [-0.4, -0.2) is 63.4 Å². The molecule has 0 bridgehead atoms. The third-order valence-corrected chi connectivity index (χ3v) is 8.57. The molecule has 0 aliphatic carbocycles. The van der Waals surface area contributed by atoms with E-state index in [1.807, 2.05) is 0 Å². The Hall–Kier alpha value is -2.80. The summed E-state index contributed by atoms with van der Waals surface area (Å²) in [5.74, 6) is -0.698. The van der Waals surface area contributed by atoms with Crippen molar-refractivity contribution in [2.75, 3.05) is 26.2 Å². The first-order valence-corrected chi connectivity index (χ1v) is 12.7. The number of aromatic nitrogens is 3. The molecule has 5 rings (SSSR count). The Morgan fingerprint density at radius 2 is 1.78 bits per heavy atom. The van der Waals surface area contributed by atoms with E-state index in [2.05, 4.69) is 13.7 Å². The number of carbonyl (C=O) groups excluding carboxylic acids is 1. The molecule has 0 spiro atoms. The Morgan fingerprint density at radius 3 is 2.56 bits per heavy atom. The van der Waals surface area contributed by atoms with Crippen LogP contribution >= 0.6 is 23.1 Å². The van der Waals surface area contributed by atoms with E-state index in [0.29, 0.717) is 21.6 Å². The molecule has 1 aliphatic rings. The Morgan fingerprint density at radius 1 is 1.00 bits per heavy atom. The van der Waals surface area contributed by atoms with Crippen LogP contribution in [0, 0.1) is 5.82 Å². The number of hydrogen-bond donors (Lipinski definition) is 0. The zero-order chi connectivity index (χ0) is 22.3. The SMILES string of the molecule is O=C(c1csc(-c2ccccc2F)n1)N1CCN(S(=O)(=O)c2cccc3nsnc23)CC1. The molecule has 32 heavy (non-hydrogen) atoms. The number of piperazine rings is 1. The van der Waals surface area contributed by atoms with Gasteiger partial charge in [-0.15, -0.1) is 11.3 Å². The summed E-state index contributed by atoms with van der Waals surface area (Å²) in [7, 11) is -3.76. The lowest BCUT2D eigenvalue weighted by atomic mass is 10.2. The van der Waals surface area contributed by atoms with Gasteiger partial charge in [-0.3, -0.25) is 4.79 Å². The van der Waals surface area contributed by atoms with Gasteiger partial charge in [-0.05, 0) is 24.3 Å². The molecule has 1 fully saturated rings. The molecule has 0 radical (unpaired) electrons. The van der Waals surface area contributed by atoms with Gasteiger partial charge >= 0.3 is 0 Å². The summed E-state index contributed by atoms with van der Waals surface area (Å²) in [6, 6.07) is 11.2. The third-order valence-electron chi connectivity index (χ3n) is 5.22. The highest BCUT2D eigenvalue weighted by atomic mass is 32.2. The highest BCUT2D eigenvalue weighted by Crippen LogP contribution is 2.28. The molecule has 0 unspecified atom stereocenters. The van der Waals surface area contributed by atoms with E-state index in [1.54, 1.807) is 40.6 Å². The Labute approximate surface area is 191 Å². The molecule has 8 nitrogen and oxygen atoms in total. The molecule has 2 aromatic heterocycles. The summed E-state index contributed by atoms with van der Waals surface area (Å²) in [4.78, 5) is 18.9. The first-order chi connectivity index (χ1) is 15.4. The number of rotatable bonds is 4. The zero-order valence-corrected chi connectivity index (χ0v) is 19.0. The minimum absolute atomic E-state index is 0.123. The standard InChI is InChI=1S/C20H16FN5O3S3/c21-14-5-2-1-4-13(14)19-22-16(12-30-19)20(27)25-8-10-26(11-9-25)32(28,29)17-7-3-6-15-18(17)24-31-23-15/h1-7,12H,8-11H2. The average molecular weight is 490 g/mol. The van der Waals surface area contributed by atoms with Crippen molar-refractivity contribution < 1.29 is 17.6 Å². The Kier molecular flexibility index (Phi) is 5.45. The van der Waals surface area contributed by atoms with Gasteiger partial charge < -0.3 is 4.90 Å². The van der Waals surface area contributed by atoms with Crippen LogP contribution in [-0.2, 0) is 10.0 Å². The van der Waals surface area contributed by atoms with Crippen molar-refractivity contribution in [1.82, 2.24) is 22.9 Å². The zero-order valence-electron chi connectivity index (χ0n) is 16.5. The molecule has 4 aromatic rings. The maximum absolute atomic E-state index is 14.0. The lowest BCUT2D eigenvalue weighted by molar-refractivity contribution is 0.0693. The summed E-state index contributed by atoms with van der Waals surface area (Å²) >= 11 is 2.16. The van der Waals surface area contributed by atoms with Gasteiger partial charge in [0.1, 0.15) is 32.4 Å². The molecule has 12 heteroatoms. The minimum Gasteiger partial charge on any atom is -0.335 e. The average Bonchev–Trinajstić information content (AvgIpc) is 3.48. The lowest BCUT2D eigenvalue weighted by Crippen LogP contribution is -2.50. The van der Waals surface area contributed by atoms with E-state index in [0.717, 1.165) is 11.7 Å². The van der Waals surface area contributed by atoms with Gasteiger partial charge in [-0.1, -0.05) is 18.2 Å². The smallest absolute Gasteiger partial charge is 0.273 e. The van der Waals surface area contributed by atoms with Crippen LogP contribution in [0.2, 0.25) is 0 Å². The largest absolute Gasteiger partial charge is 0.335 e. The Bertz CT molecular complexity index is 1410. The molecule has 1 amide bonds. The van der Waals surface area contributed by atoms with Gasteiger partial charge in [0.25, 0.3) is 5.91 Å². The van der Waals surface area contributed by atoms with Crippen molar-refractivity contribution in [2.45, 2.75) is 4.90 Å². The maximum atomic E-state index is 14.0. The third kappa shape index (κ3) is 3.68. The Balaban J connectivity index is 1.30. The highest BCUT2D eigenvalue weighted by Gasteiger charge is 2.32. The van der Waals surface area contributed by atoms with Gasteiger partial charge in [0.05, 0.1) is 11.7 Å². The molecule has 0 saturated carbocycles. The maximum Gasteiger partial charge on any atom is 0.273 e. The molecular weight excluding hydrogens is 473 g/mol. The van der Waals surface area contributed by atoms with Crippen LogP contribution in [0.15, 0.2) is 52.7 Å². The molecule has 0 atom stereocenters. The van der Waals surface area contributed by atoms with Crippen molar-refractivity contribution in [3.05, 3.63) is 59.4 Å². The van der Waals surface area contributed by atoms with Crippen LogP contribution < -0.4 is 0 Å². The lowest BCUT2D eigenvalue weighted by Gasteiger charge is -2.33. The molecule has 2 aromatic carbocycles. The van der Waals surface area contributed by atoms with Crippen molar-refractivity contribution in [3.8, 4) is 10.6 Å². The number of sulfonamides is 1. The monoisotopic (exact) mass is 489 g/mol. The van der Waals surface area contributed by atoms with Gasteiger partial charge in [0.2, 0.25) is 10.0 Å². The van der Waals surface area contributed by atoms with Crippen molar-refractivity contribution in [2.24, 2.45) is 0 Å². The molecule has 1 saturated heterocycles. The van der Waals surface area contributed by atoms with E-state index in [1.165, 1.54) is 27.8 Å². The summed E-state index contributed by atoms with van der Waals surface area (Å²) in [6.45, 7) is 0.782. The van der Waals surface area contributed by atoms with E-state index in [9.17, 15) is 17.6 Å². The molecule has 1 aliphatic heterocycles. The molecule has 164 valence electrons. The van der Waals surface area contributed by atoms with E-state index < -0.39 is 15.8 Å². The first-order valence-electron chi connectivity index (χ1n) is 9.66. The fourth-order valence-electron chi connectivity index (χ4n) is 3.55. The predicted octanol–water partition coefficient (Wildman–Crippen LogP) is 3.10. The fraction of sp³-hybridized carbons (Fsp3) is 0.200.